The summed E-state index contributed by atoms with van der Waals surface area (Å²) < 4.78 is 29.4. The number of hydrogen-bond acceptors (Lipinski definition) is 2. The standard InChI is InChI=1S/C13H13BrClF2N3/c1-13(2,3)20-11(6-14)18-19-12(20)7-4-10(17)8(15)5-9(7)16/h4-5H,6H2,1-3H3. The summed E-state index contributed by atoms with van der Waals surface area (Å²) in [7, 11) is 0. The first-order chi connectivity index (χ1) is 9.25. The van der Waals surface area contributed by atoms with Crippen molar-refractivity contribution in [3.05, 3.63) is 34.6 Å². The first kappa shape index (κ1) is 15.4. The van der Waals surface area contributed by atoms with E-state index in [4.69, 9.17) is 11.6 Å². The highest BCUT2D eigenvalue weighted by Crippen LogP contribution is 2.31. The van der Waals surface area contributed by atoms with Gasteiger partial charge in [0.2, 0.25) is 0 Å². The summed E-state index contributed by atoms with van der Waals surface area (Å²) in [5, 5.41) is 8.21. The van der Waals surface area contributed by atoms with Crippen LogP contribution in [0, 0.1) is 11.6 Å². The van der Waals surface area contributed by atoms with E-state index in [0.717, 1.165) is 12.1 Å². The lowest BCUT2D eigenvalue weighted by atomic mass is 10.1. The average Bonchev–Trinajstić information content (AvgIpc) is 2.77. The molecule has 0 amide bonds. The maximum Gasteiger partial charge on any atom is 0.167 e. The van der Waals surface area contributed by atoms with Crippen molar-refractivity contribution in [1.82, 2.24) is 14.8 Å². The zero-order valence-electron chi connectivity index (χ0n) is 11.2. The molecule has 2 aromatic rings. The van der Waals surface area contributed by atoms with E-state index in [9.17, 15) is 8.78 Å². The smallest absolute Gasteiger partial charge is 0.167 e. The fraction of sp³-hybridized carbons (Fsp3) is 0.385. The Labute approximate surface area is 129 Å². The molecule has 0 aliphatic heterocycles. The Morgan fingerprint density at radius 1 is 1.20 bits per heavy atom. The van der Waals surface area contributed by atoms with E-state index in [1.807, 2.05) is 20.8 Å². The highest BCUT2D eigenvalue weighted by Gasteiger charge is 2.25. The van der Waals surface area contributed by atoms with Gasteiger partial charge in [-0.05, 0) is 32.9 Å². The Bertz CT molecular complexity index is 650. The van der Waals surface area contributed by atoms with Crippen LogP contribution < -0.4 is 0 Å². The maximum atomic E-state index is 14.1. The van der Waals surface area contributed by atoms with Gasteiger partial charge in [-0.1, -0.05) is 27.5 Å². The summed E-state index contributed by atoms with van der Waals surface area (Å²) in [5.41, 5.74) is -0.327. The first-order valence-electron chi connectivity index (χ1n) is 5.91. The first-order valence-corrected chi connectivity index (χ1v) is 7.41. The number of rotatable bonds is 2. The molecule has 2 rings (SSSR count). The molecule has 108 valence electrons. The second kappa shape index (κ2) is 5.41. The van der Waals surface area contributed by atoms with Crippen molar-refractivity contribution >= 4 is 27.5 Å². The number of halogens is 4. The maximum absolute atomic E-state index is 14.1. The molecule has 20 heavy (non-hydrogen) atoms. The number of aromatic nitrogens is 3. The molecule has 0 spiro atoms. The molecule has 0 saturated carbocycles. The normalized spacial score (nSPS) is 11.9. The quantitative estimate of drug-likeness (QED) is 0.579. The Morgan fingerprint density at radius 3 is 2.40 bits per heavy atom. The van der Waals surface area contributed by atoms with Crippen LogP contribution in [0.15, 0.2) is 12.1 Å². The van der Waals surface area contributed by atoms with Crippen LogP contribution in [0.2, 0.25) is 5.02 Å². The van der Waals surface area contributed by atoms with Crippen LogP contribution in [0.5, 0.6) is 0 Å². The van der Waals surface area contributed by atoms with Gasteiger partial charge in [0.1, 0.15) is 17.5 Å². The zero-order chi connectivity index (χ0) is 15.1. The van der Waals surface area contributed by atoms with Crippen LogP contribution in [0.3, 0.4) is 0 Å². The summed E-state index contributed by atoms with van der Waals surface area (Å²) in [5.74, 6) is -0.399. The second-order valence-corrected chi connectivity index (χ2v) is 6.29. The van der Waals surface area contributed by atoms with Gasteiger partial charge in [-0.2, -0.15) is 0 Å². The molecule has 7 heteroatoms. The predicted molar refractivity (Wildman–Crippen MR) is 78.0 cm³/mol. The van der Waals surface area contributed by atoms with Crippen molar-refractivity contribution in [2.45, 2.75) is 31.6 Å². The molecular formula is C13H13BrClF2N3. The molecule has 1 heterocycles. The molecule has 1 aromatic heterocycles. The predicted octanol–water partition coefficient (Wildman–Crippen LogP) is 4.53. The minimum atomic E-state index is -0.688. The van der Waals surface area contributed by atoms with Gasteiger partial charge in [-0.3, -0.25) is 0 Å². The molecule has 0 N–H and O–H groups in total. The van der Waals surface area contributed by atoms with E-state index < -0.39 is 11.6 Å². The second-order valence-electron chi connectivity index (χ2n) is 5.33. The Morgan fingerprint density at radius 2 is 1.85 bits per heavy atom. The van der Waals surface area contributed by atoms with E-state index in [-0.39, 0.29) is 21.9 Å². The average molecular weight is 365 g/mol. The Balaban J connectivity index is 2.71. The third-order valence-corrected chi connectivity index (χ3v) is 3.56. The number of nitrogens with zero attached hydrogens (tertiary/aromatic N) is 3. The van der Waals surface area contributed by atoms with Gasteiger partial charge >= 0.3 is 0 Å². The largest absolute Gasteiger partial charge is 0.305 e. The molecule has 0 unspecified atom stereocenters. The SMILES string of the molecule is CC(C)(C)n1c(CBr)nnc1-c1cc(F)c(Cl)cc1F. The molecular weight excluding hydrogens is 352 g/mol. The van der Waals surface area contributed by atoms with Crippen LogP contribution in [0.1, 0.15) is 26.6 Å². The molecule has 1 aromatic carbocycles. The fourth-order valence-corrected chi connectivity index (χ4v) is 2.49. The molecule has 0 atom stereocenters. The van der Waals surface area contributed by atoms with Crippen LogP contribution in [0.4, 0.5) is 8.78 Å². The summed E-state index contributed by atoms with van der Waals surface area (Å²) in [6, 6.07) is 1.99. The van der Waals surface area contributed by atoms with E-state index in [0.29, 0.717) is 11.2 Å². The summed E-state index contributed by atoms with van der Waals surface area (Å²) in [6.07, 6.45) is 0. The Hall–Kier alpha value is -1.01. The monoisotopic (exact) mass is 363 g/mol. The summed E-state index contributed by atoms with van der Waals surface area (Å²) in [4.78, 5) is 0. The van der Waals surface area contributed by atoms with Gasteiger partial charge in [-0.15, -0.1) is 10.2 Å². The topological polar surface area (TPSA) is 30.7 Å². The van der Waals surface area contributed by atoms with E-state index in [2.05, 4.69) is 26.1 Å². The summed E-state index contributed by atoms with van der Waals surface area (Å²) in [6.45, 7) is 5.82. The van der Waals surface area contributed by atoms with E-state index in [1.54, 1.807) is 4.57 Å². The molecule has 0 fully saturated rings. The fourth-order valence-electron chi connectivity index (χ4n) is 1.98. The highest BCUT2D eigenvalue weighted by atomic mass is 79.9. The van der Waals surface area contributed by atoms with Crippen LogP contribution in [0.25, 0.3) is 11.4 Å². The van der Waals surface area contributed by atoms with Crippen molar-refractivity contribution in [2.24, 2.45) is 0 Å². The minimum absolute atomic E-state index is 0.0431. The van der Waals surface area contributed by atoms with Gasteiger partial charge in [0, 0.05) is 5.54 Å². The highest BCUT2D eigenvalue weighted by molar-refractivity contribution is 9.08. The molecule has 3 nitrogen and oxygen atoms in total. The third-order valence-electron chi connectivity index (χ3n) is 2.77. The van der Waals surface area contributed by atoms with Crippen LogP contribution >= 0.6 is 27.5 Å². The molecule has 0 bridgehead atoms. The molecule has 0 aliphatic carbocycles. The molecule has 0 radical (unpaired) electrons. The van der Waals surface area contributed by atoms with E-state index >= 15 is 0 Å². The Kier molecular flexibility index (Phi) is 4.16. The third kappa shape index (κ3) is 2.72. The molecule has 0 aliphatic rings. The van der Waals surface area contributed by atoms with Gasteiger partial charge in [0.15, 0.2) is 5.82 Å². The van der Waals surface area contributed by atoms with Crippen LogP contribution in [-0.4, -0.2) is 14.8 Å². The zero-order valence-corrected chi connectivity index (χ0v) is 13.6. The van der Waals surface area contributed by atoms with Crippen molar-refractivity contribution in [1.29, 1.82) is 0 Å². The van der Waals surface area contributed by atoms with Gasteiger partial charge in [0.25, 0.3) is 0 Å². The number of benzene rings is 1. The van der Waals surface area contributed by atoms with Gasteiger partial charge in [0.05, 0.1) is 15.9 Å². The van der Waals surface area contributed by atoms with Crippen molar-refractivity contribution in [3.8, 4) is 11.4 Å². The van der Waals surface area contributed by atoms with Gasteiger partial charge in [-0.25, -0.2) is 8.78 Å². The number of hydrogen-bond donors (Lipinski definition) is 0. The van der Waals surface area contributed by atoms with Crippen LogP contribution in [-0.2, 0) is 10.9 Å². The summed E-state index contributed by atoms with van der Waals surface area (Å²) >= 11 is 8.89. The van der Waals surface area contributed by atoms with Crippen molar-refractivity contribution in [2.75, 3.05) is 0 Å². The van der Waals surface area contributed by atoms with Gasteiger partial charge < -0.3 is 4.57 Å². The van der Waals surface area contributed by atoms with E-state index in [1.165, 1.54) is 0 Å². The lowest BCUT2D eigenvalue weighted by Crippen LogP contribution is -2.25. The minimum Gasteiger partial charge on any atom is -0.305 e. The lowest BCUT2D eigenvalue weighted by Gasteiger charge is -2.24. The molecule has 0 saturated heterocycles. The van der Waals surface area contributed by atoms with Crippen molar-refractivity contribution in [3.63, 3.8) is 0 Å². The number of alkyl halides is 1. The van der Waals surface area contributed by atoms with Crippen molar-refractivity contribution < 1.29 is 8.78 Å². The lowest BCUT2D eigenvalue weighted by molar-refractivity contribution is 0.390.